The van der Waals surface area contributed by atoms with Gasteiger partial charge < -0.3 is 4.90 Å². The minimum absolute atomic E-state index is 0.643. The summed E-state index contributed by atoms with van der Waals surface area (Å²) in [4.78, 5) is 2.29. The topological polar surface area (TPSA) is 27.0 Å². The van der Waals surface area contributed by atoms with E-state index in [1.165, 1.54) is 74.7 Å². The van der Waals surface area contributed by atoms with Crippen LogP contribution in [0.15, 0.2) is 182 Å². The van der Waals surface area contributed by atoms with Crippen LogP contribution in [0, 0.1) is 11.3 Å². The zero-order valence-electron chi connectivity index (χ0n) is 28.1. The van der Waals surface area contributed by atoms with Crippen molar-refractivity contribution >= 4 is 80.9 Å². The Bertz CT molecular complexity index is 2960. The lowest BCUT2D eigenvalue weighted by molar-refractivity contribution is 1.29. The predicted octanol–water partition coefficient (Wildman–Crippen LogP) is 14.2. The van der Waals surface area contributed by atoms with Gasteiger partial charge in [-0.05, 0) is 109 Å². The first-order valence-electron chi connectivity index (χ1n) is 17.5. The van der Waals surface area contributed by atoms with Crippen molar-refractivity contribution < 1.29 is 0 Å². The molecule has 0 spiro atoms. The van der Waals surface area contributed by atoms with Gasteiger partial charge in [0, 0.05) is 37.2 Å². The van der Waals surface area contributed by atoms with Gasteiger partial charge in [-0.2, -0.15) is 5.26 Å². The number of hydrogen-bond acceptors (Lipinski definition) is 3. The van der Waals surface area contributed by atoms with Crippen molar-refractivity contribution in [3.63, 3.8) is 0 Å². The van der Waals surface area contributed by atoms with E-state index in [4.69, 9.17) is 0 Å². The first kappa shape index (κ1) is 30.1. The number of thiophene rings is 1. The van der Waals surface area contributed by atoms with Gasteiger partial charge in [0.05, 0.1) is 11.6 Å². The van der Waals surface area contributed by atoms with Crippen LogP contribution in [0.1, 0.15) is 5.56 Å². The van der Waals surface area contributed by atoms with Crippen molar-refractivity contribution in [2.75, 3.05) is 4.90 Å². The Morgan fingerprint density at radius 2 is 0.923 bits per heavy atom. The minimum Gasteiger partial charge on any atom is -0.310 e. The molecule has 3 heteroatoms. The van der Waals surface area contributed by atoms with E-state index in [1.54, 1.807) is 0 Å². The average Bonchev–Trinajstić information content (AvgIpc) is 3.58. The highest BCUT2D eigenvalue weighted by Crippen LogP contribution is 2.46. The lowest BCUT2D eigenvalue weighted by Gasteiger charge is -2.26. The monoisotopic (exact) mass is 678 g/mol. The summed E-state index contributed by atoms with van der Waals surface area (Å²) in [6, 6.07) is 67.4. The van der Waals surface area contributed by atoms with Crippen molar-refractivity contribution in [1.82, 2.24) is 0 Å². The van der Waals surface area contributed by atoms with Crippen LogP contribution in [-0.4, -0.2) is 0 Å². The summed E-state index contributed by atoms with van der Waals surface area (Å²) in [5.41, 5.74) is 8.70. The zero-order chi connectivity index (χ0) is 34.6. The minimum atomic E-state index is 0.643. The van der Waals surface area contributed by atoms with Gasteiger partial charge in [0.2, 0.25) is 0 Å². The Balaban J connectivity index is 1.15. The van der Waals surface area contributed by atoms with E-state index in [0.717, 1.165) is 17.1 Å². The molecule has 0 N–H and O–H groups in total. The molecule has 9 aromatic carbocycles. The molecule has 1 heterocycles. The predicted molar refractivity (Wildman–Crippen MR) is 222 cm³/mol. The van der Waals surface area contributed by atoms with E-state index >= 15 is 0 Å². The van der Waals surface area contributed by atoms with Gasteiger partial charge in [-0.1, -0.05) is 127 Å². The number of nitriles is 1. The van der Waals surface area contributed by atoms with E-state index in [-0.39, 0.29) is 0 Å². The van der Waals surface area contributed by atoms with Gasteiger partial charge in [0.1, 0.15) is 0 Å². The molecule has 2 nitrogen and oxygen atoms in total. The van der Waals surface area contributed by atoms with Crippen LogP contribution in [0.25, 0.3) is 74.7 Å². The molecule has 0 saturated heterocycles. The summed E-state index contributed by atoms with van der Waals surface area (Å²) in [6.45, 7) is 0. The number of fused-ring (bicyclic) bond motifs is 6. The first-order valence-corrected chi connectivity index (χ1v) is 18.3. The summed E-state index contributed by atoms with van der Waals surface area (Å²) >= 11 is 1.82. The second-order valence-electron chi connectivity index (χ2n) is 13.2. The average molecular weight is 679 g/mol. The maximum atomic E-state index is 9.54. The lowest BCUT2D eigenvalue weighted by atomic mass is 9.85. The molecule has 0 bridgehead atoms. The van der Waals surface area contributed by atoms with Gasteiger partial charge in [0.15, 0.2) is 0 Å². The molecule has 0 aliphatic heterocycles. The Morgan fingerprint density at radius 3 is 1.60 bits per heavy atom. The molecule has 0 unspecified atom stereocenters. The summed E-state index contributed by atoms with van der Waals surface area (Å²) < 4.78 is 2.54. The fourth-order valence-corrected chi connectivity index (χ4v) is 9.08. The molecular weight excluding hydrogens is 649 g/mol. The SMILES string of the molecule is N#Cc1ccc(N(c2ccc(-c3c4ccccc4c(-c4cccc5ccccc45)c4ccccc34)cc2)c2ccc3c(c2)sc2ccccc23)cc1. The Labute approximate surface area is 305 Å². The second-order valence-corrected chi connectivity index (χ2v) is 14.3. The van der Waals surface area contributed by atoms with Crippen LogP contribution in [0.3, 0.4) is 0 Å². The maximum absolute atomic E-state index is 9.54. The molecule has 10 aromatic rings. The third-order valence-corrected chi connectivity index (χ3v) is 11.4. The van der Waals surface area contributed by atoms with Gasteiger partial charge in [-0.3, -0.25) is 0 Å². The summed E-state index contributed by atoms with van der Waals surface area (Å²) in [5.74, 6) is 0. The molecule has 10 rings (SSSR count). The van der Waals surface area contributed by atoms with Gasteiger partial charge in [-0.15, -0.1) is 11.3 Å². The van der Waals surface area contributed by atoms with E-state index in [2.05, 4.69) is 169 Å². The molecule has 1 aromatic heterocycles. The summed E-state index contributed by atoms with van der Waals surface area (Å²) in [5, 5.41) is 19.6. The highest BCUT2D eigenvalue weighted by molar-refractivity contribution is 7.25. The van der Waals surface area contributed by atoms with Gasteiger partial charge >= 0.3 is 0 Å². The molecule has 0 fully saturated rings. The molecule has 0 radical (unpaired) electrons. The highest BCUT2D eigenvalue weighted by atomic mass is 32.1. The van der Waals surface area contributed by atoms with Crippen LogP contribution in [0.4, 0.5) is 17.1 Å². The van der Waals surface area contributed by atoms with Gasteiger partial charge in [-0.25, -0.2) is 0 Å². The Kier molecular flexibility index (Phi) is 7.09. The highest BCUT2D eigenvalue weighted by Gasteiger charge is 2.19. The number of hydrogen-bond donors (Lipinski definition) is 0. The van der Waals surface area contributed by atoms with Crippen LogP contribution < -0.4 is 4.90 Å². The number of anilines is 3. The van der Waals surface area contributed by atoms with Crippen molar-refractivity contribution in [3.8, 4) is 28.3 Å². The normalized spacial score (nSPS) is 11.4. The van der Waals surface area contributed by atoms with Crippen molar-refractivity contribution in [2.24, 2.45) is 0 Å². The van der Waals surface area contributed by atoms with Gasteiger partial charge in [0.25, 0.3) is 0 Å². The number of nitrogens with zero attached hydrogens (tertiary/aromatic N) is 2. The van der Waals surface area contributed by atoms with Crippen molar-refractivity contribution in [2.45, 2.75) is 0 Å². The standard InChI is InChI=1S/C49H30N2S/c50-31-32-20-24-35(25-21-32)51(37-28-29-40-39-13-7-8-19-46(39)52-47(40)30-37)36-26-22-34(23-27-36)48-42-14-3-5-16-44(42)49(45-17-6-4-15-43(45)48)41-18-9-11-33-10-1-2-12-38(33)41/h1-30H. The third kappa shape index (κ3) is 4.85. The Hall–Kier alpha value is -6.73. The van der Waals surface area contributed by atoms with Crippen LogP contribution in [0.5, 0.6) is 0 Å². The molecule has 242 valence electrons. The number of benzene rings is 9. The van der Waals surface area contributed by atoms with Crippen LogP contribution in [-0.2, 0) is 0 Å². The quantitative estimate of drug-likeness (QED) is 0.169. The Morgan fingerprint density at radius 1 is 0.404 bits per heavy atom. The first-order chi connectivity index (χ1) is 25.7. The third-order valence-electron chi connectivity index (χ3n) is 10.3. The molecular formula is C49H30N2S. The van der Waals surface area contributed by atoms with Crippen molar-refractivity contribution in [3.05, 3.63) is 188 Å². The fraction of sp³-hybridized carbons (Fsp3) is 0. The zero-order valence-corrected chi connectivity index (χ0v) is 28.9. The molecule has 0 aliphatic rings. The molecule has 0 aliphatic carbocycles. The van der Waals surface area contributed by atoms with E-state index in [9.17, 15) is 5.26 Å². The number of rotatable bonds is 5. The molecule has 0 amide bonds. The smallest absolute Gasteiger partial charge is 0.0991 e. The largest absolute Gasteiger partial charge is 0.310 e. The van der Waals surface area contributed by atoms with Crippen LogP contribution >= 0.6 is 11.3 Å². The molecule has 0 saturated carbocycles. The maximum Gasteiger partial charge on any atom is 0.0991 e. The summed E-state index contributed by atoms with van der Waals surface area (Å²) in [6.07, 6.45) is 0. The van der Waals surface area contributed by atoms with E-state index in [0.29, 0.717) is 5.56 Å². The molecule has 0 atom stereocenters. The van der Waals surface area contributed by atoms with E-state index in [1.807, 2.05) is 35.6 Å². The fourth-order valence-electron chi connectivity index (χ4n) is 7.94. The van der Waals surface area contributed by atoms with E-state index < -0.39 is 0 Å². The lowest BCUT2D eigenvalue weighted by Crippen LogP contribution is -2.09. The van der Waals surface area contributed by atoms with Crippen LogP contribution in [0.2, 0.25) is 0 Å². The second kappa shape index (κ2) is 12.2. The molecule has 52 heavy (non-hydrogen) atoms. The summed E-state index contributed by atoms with van der Waals surface area (Å²) in [7, 11) is 0. The van der Waals surface area contributed by atoms with Crippen molar-refractivity contribution in [1.29, 1.82) is 5.26 Å².